The summed E-state index contributed by atoms with van der Waals surface area (Å²) in [6.45, 7) is 4.80. The summed E-state index contributed by atoms with van der Waals surface area (Å²) in [6.07, 6.45) is 3.51. The lowest BCUT2D eigenvalue weighted by atomic mass is 9.95. The molecule has 1 aromatic carbocycles. The zero-order chi connectivity index (χ0) is 15.6. The molecule has 0 radical (unpaired) electrons. The Labute approximate surface area is 135 Å². The molecule has 23 heavy (non-hydrogen) atoms. The van der Waals surface area contributed by atoms with E-state index >= 15 is 0 Å². The maximum absolute atomic E-state index is 4.76. The molecule has 0 unspecified atom stereocenters. The highest BCUT2D eigenvalue weighted by Crippen LogP contribution is 2.32. The Kier molecular flexibility index (Phi) is 3.54. The topological polar surface area (TPSA) is 53.9 Å². The average molecular weight is 305 g/mol. The van der Waals surface area contributed by atoms with Gasteiger partial charge in [-0.3, -0.25) is 4.98 Å². The summed E-state index contributed by atoms with van der Waals surface area (Å²) in [5, 5.41) is 4.47. The van der Waals surface area contributed by atoms with Crippen LogP contribution in [0.1, 0.15) is 18.5 Å². The lowest BCUT2D eigenvalue weighted by Gasteiger charge is -2.40. The van der Waals surface area contributed by atoms with Crippen molar-refractivity contribution in [1.82, 2.24) is 15.0 Å². The van der Waals surface area contributed by atoms with Gasteiger partial charge in [0.05, 0.1) is 11.2 Å². The van der Waals surface area contributed by atoms with Crippen molar-refractivity contribution in [2.75, 3.05) is 29.9 Å². The molecule has 0 atom stereocenters. The number of nitrogens with one attached hydrogen (secondary N) is 1. The van der Waals surface area contributed by atoms with Crippen molar-refractivity contribution < 1.29 is 0 Å². The van der Waals surface area contributed by atoms with E-state index in [1.807, 2.05) is 12.1 Å². The monoisotopic (exact) mass is 305 g/mol. The van der Waals surface area contributed by atoms with Crippen LogP contribution in [0.2, 0.25) is 0 Å². The number of nitrogens with zero attached hydrogens (tertiary/aromatic N) is 4. The van der Waals surface area contributed by atoms with Gasteiger partial charge in [0.2, 0.25) is 0 Å². The van der Waals surface area contributed by atoms with Crippen LogP contribution < -0.4 is 10.2 Å². The van der Waals surface area contributed by atoms with Crippen LogP contribution in [0, 0.1) is 0 Å². The Morgan fingerprint density at radius 3 is 2.78 bits per heavy atom. The fourth-order valence-corrected chi connectivity index (χ4v) is 3.02. The molecular formula is C18H19N5. The van der Waals surface area contributed by atoms with Crippen molar-refractivity contribution in [3.63, 3.8) is 0 Å². The number of anilines is 2. The fourth-order valence-electron chi connectivity index (χ4n) is 3.02. The molecule has 116 valence electrons. The molecule has 1 saturated heterocycles. The summed E-state index contributed by atoms with van der Waals surface area (Å²) in [5.74, 6) is 2.35. The van der Waals surface area contributed by atoms with Crippen LogP contribution in [0.3, 0.4) is 0 Å². The van der Waals surface area contributed by atoms with Crippen molar-refractivity contribution in [2.45, 2.75) is 12.8 Å². The van der Waals surface area contributed by atoms with Gasteiger partial charge in [-0.1, -0.05) is 18.2 Å². The second-order valence-electron chi connectivity index (χ2n) is 5.78. The third-order valence-electron chi connectivity index (χ3n) is 4.25. The summed E-state index contributed by atoms with van der Waals surface area (Å²) in [4.78, 5) is 16.0. The zero-order valence-corrected chi connectivity index (χ0v) is 13.1. The number of hydrogen-bond acceptors (Lipinski definition) is 5. The number of fused-ring (bicyclic) bond motifs is 1. The Morgan fingerprint density at radius 1 is 1.09 bits per heavy atom. The largest absolute Gasteiger partial charge is 0.369 e. The Hall–Kier alpha value is -2.69. The molecule has 0 amide bonds. The normalized spacial score (nSPS) is 14.7. The minimum Gasteiger partial charge on any atom is -0.369 e. The van der Waals surface area contributed by atoms with Crippen molar-refractivity contribution in [2.24, 2.45) is 0 Å². The van der Waals surface area contributed by atoms with E-state index in [1.165, 1.54) is 5.39 Å². The maximum atomic E-state index is 4.76. The van der Waals surface area contributed by atoms with Crippen molar-refractivity contribution in [3.05, 3.63) is 54.5 Å². The first-order chi connectivity index (χ1) is 11.3. The molecule has 2 aromatic heterocycles. The van der Waals surface area contributed by atoms with Gasteiger partial charge in [-0.25, -0.2) is 9.97 Å². The summed E-state index contributed by atoms with van der Waals surface area (Å²) in [5.41, 5.74) is 2.10. The van der Waals surface area contributed by atoms with E-state index in [1.54, 1.807) is 12.4 Å². The van der Waals surface area contributed by atoms with Gasteiger partial charge in [-0.15, -0.1) is 0 Å². The minimum absolute atomic E-state index is 0.408. The Bertz CT molecular complexity index is 826. The molecule has 1 aliphatic heterocycles. The van der Waals surface area contributed by atoms with Crippen LogP contribution >= 0.6 is 0 Å². The minimum atomic E-state index is 0.408. The van der Waals surface area contributed by atoms with E-state index in [4.69, 9.17) is 4.98 Å². The van der Waals surface area contributed by atoms with Crippen molar-refractivity contribution in [1.29, 1.82) is 0 Å². The first kappa shape index (κ1) is 13.9. The highest BCUT2D eigenvalue weighted by Gasteiger charge is 2.32. The molecule has 5 nitrogen and oxygen atoms in total. The predicted molar refractivity (Wildman–Crippen MR) is 92.9 cm³/mol. The smallest absolute Gasteiger partial charge is 0.148 e. The first-order valence-corrected chi connectivity index (χ1v) is 8.00. The number of para-hydroxylation sites is 1. The molecule has 3 heterocycles. The number of rotatable bonds is 4. The molecule has 1 N–H and O–H groups in total. The summed E-state index contributed by atoms with van der Waals surface area (Å²) < 4.78 is 0. The predicted octanol–water partition coefficient (Wildman–Crippen LogP) is 3.06. The molecule has 4 rings (SSSR count). The number of hydrogen-bond donors (Lipinski definition) is 1. The van der Waals surface area contributed by atoms with Crippen LogP contribution in [-0.4, -0.2) is 34.6 Å². The van der Waals surface area contributed by atoms with Gasteiger partial charge in [-0.05, 0) is 25.1 Å². The van der Waals surface area contributed by atoms with Crippen LogP contribution in [0.25, 0.3) is 10.9 Å². The highest BCUT2D eigenvalue weighted by atomic mass is 15.2. The van der Waals surface area contributed by atoms with Crippen molar-refractivity contribution >= 4 is 22.5 Å². The molecule has 0 saturated carbocycles. The Morgan fingerprint density at radius 2 is 1.91 bits per heavy atom. The Balaban J connectivity index is 1.52. The number of benzene rings is 1. The van der Waals surface area contributed by atoms with E-state index in [9.17, 15) is 0 Å². The number of pyridine rings is 1. The second-order valence-corrected chi connectivity index (χ2v) is 5.78. The maximum Gasteiger partial charge on any atom is 0.148 e. The third-order valence-corrected chi connectivity index (χ3v) is 4.25. The van der Waals surface area contributed by atoms with Gasteiger partial charge in [0.25, 0.3) is 0 Å². The lowest BCUT2D eigenvalue weighted by molar-refractivity contribution is 0.509. The summed E-state index contributed by atoms with van der Waals surface area (Å²) in [7, 11) is 0. The van der Waals surface area contributed by atoms with E-state index in [-0.39, 0.29) is 0 Å². The molecule has 0 spiro atoms. The average Bonchev–Trinajstić information content (AvgIpc) is 2.55. The molecule has 5 heteroatoms. The third kappa shape index (κ3) is 2.59. The molecular weight excluding hydrogens is 286 g/mol. The fraction of sp³-hybridized carbons (Fsp3) is 0.278. The van der Waals surface area contributed by atoms with Gasteiger partial charge in [0.15, 0.2) is 0 Å². The first-order valence-electron chi connectivity index (χ1n) is 8.00. The van der Waals surface area contributed by atoms with Gasteiger partial charge < -0.3 is 10.2 Å². The standard InChI is InChI=1S/C18H19N5/c1-2-19-18-17(20-9-10-21-18)14-11-23(12-14)16-8-7-13-5-3-4-6-15(13)22-16/h3-10,14H,2,11-12H2,1H3,(H,19,21). The molecule has 1 aliphatic rings. The second kappa shape index (κ2) is 5.83. The van der Waals surface area contributed by atoms with Crippen LogP contribution in [0.4, 0.5) is 11.6 Å². The van der Waals surface area contributed by atoms with Gasteiger partial charge in [0.1, 0.15) is 11.6 Å². The lowest BCUT2D eigenvalue weighted by Crippen LogP contribution is -2.46. The van der Waals surface area contributed by atoms with E-state index < -0.39 is 0 Å². The summed E-state index contributed by atoms with van der Waals surface area (Å²) in [6, 6.07) is 12.5. The van der Waals surface area contributed by atoms with Crippen LogP contribution in [0.15, 0.2) is 48.8 Å². The van der Waals surface area contributed by atoms with Crippen LogP contribution in [0.5, 0.6) is 0 Å². The highest BCUT2D eigenvalue weighted by molar-refractivity contribution is 5.80. The van der Waals surface area contributed by atoms with E-state index in [0.29, 0.717) is 5.92 Å². The van der Waals surface area contributed by atoms with Gasteiger partial charge in [0, 0.05) is 43.3 Å². The molecule has 0 aliphatic carbocycles. The molecule has 3 aromatic rings. The number of aromatic nitrogens is 3. The van der Waals surface area contributed by atoms with Gasteiger partial charge in [-0.2, -0.15) is 0 Å². The van der Waals surface area contributed by atoms with E-state index in [0.717, 1.165) is 42.5 Å². The molecule has 1 fully saturated rings. The quantitative estimate of drug-likeness (QED) is 0.803. The molecule has 0 bridgehead atoms. The van der Waals surface area contributed by atoms with Gasteiger partial charge >= 0.3 is 0 Å². The zero-order valence-electron chi connectivity index (χ0n) is 13.1. The van der Waals surface area contributed by atoms with E-state index in [2.05, 4.69) is 51.4 Å². The van der Waals surface area contributed by atoms with Crippen molar-refractivity contribution in [3.8, 4) is 0 Å². The SMILES string of the molecule is CCNc1nccnc1C1CN(c2ccc3ccccc3n2)C1. The summed E-state index contributed by atoms with van der Waals surface area (Å²) >= 11 is 0. The van der Waals surface area contributed by atoms with Crippen LogP contribution in [-0.2, 0) is 0 Å².